The minimum absolute atomic E-state index is 0.0376. The van der Waals surface area contributed by atoms with Gasteiger partial charge in [-0.1, -0.05) is 30.7 Å². The van der Waals surface area contributed by atoms with Gasteiger partial charge in [-0.3, -0.25) is 9.59 Å². The van der Waals surface area contributed by atoms with E-state index in [1.54, 1.807) is 5.57 Å². The Bertz CT molecular complexity index is 515. The summed E-state index contributed by atoms with van der Waals surface area (Å²) in [6.07, 6.45) is 15.3. The van der Waals surface area contributed by atoms with Crippen molar-refractivity contribution in [2.75, 3.05) is 0 Å². The van der Waals surface area contributed by atoms with Gasteiger partial charge in [-0.05, 0) is 70.6 Å². The van der Waals surface area contributed by atoms with Gasteiger partial charge in [0.25, 0.3) is 0 Å². The van der Waals surface area contributed by atoms with Crippen LogP contribution in [0.1, 0.15) is 78.6 Å². The second kappa shape index (κ2) is 9.94. The van der Waals surface area contributed by atoms with Gasteiger partial charge in [-0.2, -0.15) is 0 Å². The second-order valence-corrected chi connectivity index (χ2v) is 7.94. The Balaban J connectivity index is 1.78. The molecule has 0 bridgehead atoms. The van der Waals surface area contributed by atoms with Crippen LogP contribution < -0.4 is 0 Å². The van der Waals surface area contributed by atoms with E-state index in [9.17, 15) is 9.59 Å². The van der Waals surface area contributed by atoms with Crippen molar-refractivity contribution in [1.82, 2.24) is 0 Å². The van der Waals surface area contributed by atoms with Crippen molar-refractivity contribution < 1.29 is 14.3 Å². The summed E-state index contributed by atoms with van der Waals surface area (Å²) >= 11 is 0. The van der Waals surface area contributed by atoms with Gasteiger partial charge in [-0.25, -0.2) is 0 Å². The molecule has 0 aromatic heterocycles. The summed E-state index contributed by atoms with van der Waals surface area (Å²) in [4.78, 5) is 23.9. The highest BCUT2D eigenvalue weighted by atomic mass is 16.5. The van der Waals surface area contributed by atoms with Crippen LogP contribution in [0.5, 0.6) is 0 Å². The fourth-order valence-electron chi connectivity index (χ4n) is 4.31. The van der Waals surface area contributed by atoms with Crippen molar-refractivity contribution in [3.63, 3.8) is 0 Å². The molecule has 0 radical (unpaired) electrons. The second-order valence-electron chi connectivity index (χ2n) is 7.94. The Morgan fingerprint density at radius 1 is 1.32 bits per heavy atom. The molecule has 3 heteroatoms. The summed E-state index contributed by atoms with van der Waals surface area (Å²) in [6.45, 7) is 5.98. The Labute approximate surface area is 152 Å². The number of unbranched alkanes of at least 4 members (excludes halogenated alkanes) is 1. The number of hydrogen-bond donors (Lipinski definition) is 0. The molecule has 0 aliphatic heterocycles. The van der Waals surface area contributed by atoms with Crippen LogP contribution in [0.4, 0.5) is 0 Å². The summed E-state index contributed by atoms with van der Waals surface area (Å²) in [5, 5.41) is 0. The maximum absolute atomic E-state index is 12.4. The largest absolute Gasteiger partial charge is 0.463 e. The van der Waals surface area contributed by atoms with Gasteiger partial charge in [0.1, 0.15) is 5.78 Å². The molecule has 0 aromatic carbocycles. The van der Waals surface area contributed by atoms with E-state index in [0.717, 1.165) is 25.7 Å². The average molecular weight is 347 g/mol. The molecule has 2 rings (SSSR count). The Morgan fingerprint density at radius 3 is 2.80 bits per heavy atom. The van der Waals surface area contributed by atoms with E-state index in [0.29, 0.717) is 24.0 Å². The lowest BCUT2D eigenvalue weighted by Gasteiger charge is -2.26. The molecular formula is C22H34O3. The fourth-order valence-corrected chi connectivity index (χ4v) is 4.31. The van der Waals surface area contributed by atoms with E-state index in [4.69, 9.17) is 4.74 Å². The van der Waals surface area contributed by atoms with Crippen LogP contribution in [0.3, 0.4) is 0 Å². The Kier molecular flexibility index (Phi) is 7.92. The zero-order chi connectivity index (χ0) is 18.2. The van der Waals surface area contributed by atoms with E-state index in [-0.39, 0.29) is 18.0 Å². The van der Waals surface area contributed by atoms with Crippen LogP contribution >= 0.6 is 0 Å². The Morgan fingerprint density at radius 2 is 2.12 bits per heavy atom. The third-order valence-electron chi connectivity index (χ3n) is 5.41. The highest BCUT2D eigenvalue weighted by molar-refractivity contribution is 5.84. The van der Waals surface area contributed by atoms with Gasteiger partial charge in [-0.15, -0.1) is 0 Å². The smallest absolute Gasteiger partial charge is 0.306 e. The number of Topliss-reactive ketones (excluding diaryl/α,β-unsaturated/α-hetero) is 1. The van der Waals surface area contributed by atoms with Crippen LogP contribution in [0.15, 0.2) is 23.8 Å². The molecule has 0 saturated heterocycles. The fraction of sp³-hybridized carbons (Fsp3) is 0.727. The van der Waals surface area contributed by atoms with Crippen molar-refractivity contribution in [1.29, 1.82) is 0 Å². The van der Waals surface area contributed by atoms with Crippen LogP contribution in [0.25, 0.3) is 0 Å². The number of carbonyl (C=O) groups is 2. The lowest BCUT2D eigenvalue weighted by Crippen LogP contribution is -2.19. The molecule has 3 atom stereocenters. The molecule has 0 N–H and O–H groups in total. The first-order chi connectivity index (χ1) is 12.0. The van der Waals surface area contributed by atoms with Crippen LogP contribution in [-0.2, 0) is 14.3 Å². The molecule has 0 heterocycles. The summed E-state index contributed by atoms with van der Waals surface area (Å²) < 4.78 is 5.13. The highest BCUT2D eigenvalue weighted by Gasteiger charge is 2.40. The molecule has 0 unspecified atom stereocenters. The predicted molar refractivity (Wildman–Crippen MR) is 101 cm³/mol. The molecule has 25 heavy (non-hydrogen) atoms. The van der Waals surface area contributed by atoms with Crippen molar-refractivity contribution >= 4 is 11.8 Å². The van der Waals surface area contributed by atoms with E-state index in [2.05, 4.69) is 25.2 Å². The zero-order valence-electron chi connectivity index (χ0n) is 16.1. The van der Waals surface area contributed by atoms with E-state index < -0.39 is 0 Å². The van der Waals surface area contributed by atoms with Gasteiger partial charge in [0.05, 0.1) is 6.10 Å². The summed E-state index contributed by atoms with van der Waals surface area (Å²) in [5.41, 5.74) is 1.54. The maximum Gasteiger partial charge on any atom is 0.306 e. The molecule has 140 valence electrons. The first-order valence-electron chi connectivity index (χ1n) is 10.0. The maximum atomic E-state index is 12.4. The van der Waals surface area contributed by atoms with E-state index in [1.807, 2.05) is 13.8 Å². The number of ketones is 1. The van der Waals surface area contributed by atoms with Crippen LogP contribution in [0, 0.1) is 17.8 Å². The number of rotatable bonds is 8. The molecule has 0 spiro atoms. The molecule has 3 nitrogen and oxygen atoms in total. The third-order valence-corrected chi connectivity index (χ3v) is 5.41. The summed E-state index contributed by atoms with van der Waals surface area (Å²) in [7, 11) is 0. The monoisotopic (exact) mass is 346 g/mol. The molecule has 1 fully saturated rings. The average Bonchev–Trinajstić information content (AvgIpc) is 2.84. The van der Waals surface area contributed by atoms with Gasteiger partial charge in [0.15, 0.2) is 0 Å². The molecular weight excluding hydrogens is 312 g/mol. The minimum Gasteiger partial charge on any atom is -0.463 e. The van der Waals surface area contributed by atoms with Crippen molar-refractivity contribution in [3.05, 3.63) is 23.8 Å². The molecule has 0 amide bonds. The highest BCUT2D eigenvalue weighted by Crippen LogP contribution is 2.43. The first-order valence-corrected chi connectivity index (χ1v) is 10.0. The number of ether oxygens (including phenoxy) is 1. The van der Waals surface area contributed by atoms with Crippen LogP contribution in [-0.4, -0.2) is 17.9 Å². The van der Waals surface area contributed by atoms with Gasteiger partial charge >= 0.3 is 5.97 Å². The summed E-state index contributed by atoms with van der Waals surface area (Å²) in [5.74, 6) is 1.43. The predicted octanol–water partition coefficient (Wildman–Crippen LogP) is 5.40. The van der Waals surface area contributed by atoms with Gasteiger partial charge < -0.3 is 4.74 Å². The number of hydrogen-bond acceptors (Lipinski definition) is 3. The van der Waals surface area contributed by atoms with E-state index in [1.165, 1.54) is 25.7 Å². The number of allylic oxidation sites excluding steroid dienone is 4. The lowest BCUT2D eigenvalue weighted by molar-refractivity contribution is -0.147. The summed E-state index contributed by atoms with van der Waals surface area (Å²) in [6, 6.07) is 0. The molecule has 1 saturated carbocycles. The van der Waals surface area contributed by atoms with Crippen molar-refractivity contribution in [2.24, 2.45) is 17.8 Å². The zero-order valence-corrected chi connectivity index (χ0v) is 16.1. The number of carbonyl (C=O) groups excluding carboxylic acids is 2. The SMILES string of the molecule is CC(C)OC(=O)CCC/C=C\C[C@H]1C(=O)C[C@@H](C)[C@@H]1C1=CCCCC1. The standard InChI is InChI=1S/C22H34O3/c1-16(2)25-21(24)14-10-5-4-9-13-19-20(23)15-17(3)22(19)18-11-7-6-8-12-18/h4,9,11,16-17,19,22H,5-8,10,12-15H2,1-3H3/b9-4-/t17-,19+,22-/m1/s1. The number of esters is 1. The molecule has 2 aliphatic carbocycles. The van der Waals surface area contributed by atoms with Gasteiger partial charge in [0.2, 0.25) is 0 Å². The normalized spacial score (nSPS) is 27.1. The lowest BCUT2D eigenvalue weighted by atomic mass is 9.78. The van der Waals surface area contributed by atoms with Gasteiger partial charge in [0, 0.05) is 18.8 Å². The molecule has 2 aliphatic rings. The van der Waals surface area contributed by atoms with Crippen molar-refractivity contribution in [3.8, 4) is 0 Å². The topological polar surface area (TPSA) is 43.4 Å². The minimum atomic E-state index is -0.118. The Hall–Kier alpha value is -1.38. The molecule has 0 aromatic rings. The first kappa shape index (κ1) is 19.9. The third kappa shape index (κ3) is 6.13. The van der Waals surface area contributed by atoms with Crippen LogP contribution in [0.2, 0.25) is 0 Å². The quantitative estimate of drug-likeness (QED) is 0.336. The van der Waals surface area contributed by atoms with E-state index >= 15 is 0 Å². The van der Waals surface area contributed by atoms with Crippen molar-refractivity contribution in [2.45, 2.75) is 84.7 Å².